The van der Waals surface area contributed by atoms with Crippen LogP contribution in [0.1, 0.15) is 0 Å². The van der Waals surface area contributed by atoms with Gasteiger partial charge in [0.2, 0.25) is 0 Å². The van der Waals surface area contributed by atoms with Crippen LogP contribution < -0.4 is 20.9 Å². The maximum absolute atomic E-state index is 13.3. The van der Waals surface area contributed by atoms with Crippen LogP contribution in [0.15, 0.2) is 59.4 Å². The summed E-state index contributed by atoms with van der Waals surface area (Å²) in [5.41, 5.74) is -2.56. The van der Waals surface area contributed by atoms with Crippen LogP contribution in [0.2, 0.25) is 0 Å². The minimum absolute atomic E-state index is 0.234. The Labute approximate surface area is 162 Å². The second-order valence-corrected chi connectivity index (χ2v) is 5.88. The van der Waals surface area contributed by atoms with Crippen molar-refractivity contribution < 1.29 is 27.4 Å². The average Bonchev–Trinajstić information content (AvgIpc) is 2.97. The van der Waals surface area contributed by atoms with Gasteiger partial charge in [-0.2, -0.15) is 13.2 Å². The smallest absolute Gasteiger partial charge is 0.424 e. The number of halogens is 3. The highest BCUT2D eigenvalue weighted by Crippen LogP contribution is 2.26. The quantitative estimate of drug-likeness (QED) is 0.677. The first-order valence-corrected chi connectivity index (χ1v) is 8.25. The van der Waals surface area contributed by atoms with Crippen molar-refractivity contribution in [3.63, 3.8) is 0 Å². The summed E-state index contributed by atoms with van der Waals surface area (Å²) in [6, 6.07) is 15.0. The van der Waals surface area contributed by atoms with Crippen LogP contribution >= 0.6 is 0 Å². The van der Waals surface area contributed by atoms with E-state index >= 15 is 0 Å². The molecule has 0 amide bonds. The van der Waals surface area contributed by atoms with E-state index in [-0.39, 0.29) is 11.0 Å². The van der Waals surface area contributed by atoms with Crippen LogP contribution in [-0.4, -0.2) is 29.0 Å². The maximum atomic E-state index is 13.3. The number of ether oxygens (including phenoxy) is 2. The van der Waals surface area contributed by atoms with Crippen LogP contribution in [0.4, 0.5) is 13.2 Å². The summed E-state index contributed by atoms with van der Waals surface area (Å²) in [5, 5.41) is 1.20. The molecule has 2 aromatic carbocycles. The number of aromatic amines is 1. The monoisotopic (exact) mass is 404 g/mol. The number of carbonyl (C=O) groups excluding carboxylic acids is 1. The van der Waals surface area contributed by atoms with Gasteiger partial charge in [-0.1, -0.05) is 24.8 Å². The van der Waals surface area contributed by atoms with Gasteiger partial charge in [0.1, 0.15) is 11.5 Å². The Morgan fingerprint density at radius 2 is 1.62 bits per heavy atom. The maximum Gasteiger partial charge on any atom is 0.424 e. The van der Waals surface area contributed by atoms with Gasteiger partial charge in [0.15, 0.2) is 5.57 Å². The molecule has 0 fully saturated rings. The van der Waals surface area contributed by atoms with Gasteiger partial charge in [0.25, 0.3) is 5.56 Å². The number of nitrogens with zero attached hydrogens (tertiary/aromatic N) is 1. The lowest BCUT2D eigenvalue weighted by Gasteiger charge is -2.08. The number of H-pyrrole nitrogens is 1. The van der Waals surface area contributed by atoms with Crippen molar-refractivity contribution in [1.82, 2.24) is 9.78 Å². The standard InChI is InChI=1S/C20H15F3N2O4/c1-12-16(17(19(27)28-2)20(21,22)23)18(26)25(24-12)13-8-10-15(11-9-13)29-14-6-4-3-5-7-14/h3-11,24H,1H2,2H3. The first-order chi connectivity index (χ1) is 13.7. The molecule has 0 bridgehead atoms. The van der Waals surface area contributed by atoms with Crippen LogP contribution in [0.25, 0.3) is 17.8 Å². The second-order valence-electron chi connectivity index (χ2n) is 5.88. The molecule has 3 rings (SSSR count). The van der Waals surface area contributed by atoms with Crippen LogP contribution in [0, 0.1) is 0 Å². The van der Waals surface area contributed by atoms with Gasteiger partial charge < -0.3 is 9.47 Å². The molecule has 0 unspecified atom stereocenters. The van der Waals surface area contributed by atoms with Crippen molar-refractivity contribution in [2.75, 3.05) is 7.11 Å². The molecule has 150 valence electrons. The van der Waals surface area contributed by atoms with E-state index in [2.05, 4.69) is 16.4 Å². The number of esters is 1. The Kier molecular flexibility index (Phi) is 5.31. The Hall–Kier alpha value is -3.75. The largest absolute Gasteiger partial charge is 0.465 e. The number of para-hydroxylation sites is 1. The normalized spacial score (nSPS) is 12.4. The third-order valence-electron chi connectivity index (χ3n) is 3.96. The number of hydrogen-bond acceptors (Lipinski definition) is 4. The minimum atomic E-state index is -5.09. The Morgan fingerprint density at radius 3 is 2.17 bits per heavy atom. The summed E-state index contributed by atoms with van der Waals surface area (Å²) in [4.78, 5) is 24.2. The molecule has 1 N–H and O–H groups in total. The molecular weight excluding hydrogens is 389 g/mol. The molecular formula is C20H15F3N2O4. The zero-order valence-corrected chi connectivity index (χ0v) is 15.1. The van der Waals surface area contributed by atoms with Crippen molar-refractivity contribution >= 4 is 18.1 Å². The fraction of sp³-hybridized carbons (Fsp3) is 0.100. The number of aromatic nitrogens is 2. The van der Waals surface area contributed by atoms with Crippen molar-refractivity contribution in [2.24, 2.45) is 0 Å². The van der Waals surface area contributed by atoms with E-state index < -0.39 is 28.5 Å². The summed E-state index contributed by atoms with van der Waals surface area (Å²) in [7, 11) is 0.799. The molecule has 0 saturated carbocycles. The summed E-state index contributed by atoms with van der Waals surface area (Å²) < 4.78 is 50.7. The van der Waals surface area contributed by atoms with Crippen molar-refractivity contribution in [1.29, 1.82) is 0 Å². The SMILES string of the molecule is C=c1[nH]n(-c2ccc(Oc3ccccc3)cc2)c(=O)c1=C(C(=O)OC)C(F)(F)F. The van der Waals surface area contributed by atoms with Gasteiger partial charge in [0, 0.05) is 0 Å². The highest BCUT2D eigenvalue weighted by atomic mass is 19.4. The Bertz CT molecular complexity index is 1190. The van der Waals surface area contributed by atoms with Crippen molar-refractivity contribution in [2.45, 2.75) is 6.18 Å². The second kappa shape index (κ2) is 7.70. The van der Waals surface area contributed by atoms with E-state index in [4.69, 9.17) is 4.74 Å². The summed E-state index contributed by atoms with van der Waals surface area (Å²) in [6.07, 6.45) is -5.09. The highest BCUT2D eigenvalue weighted by Gasteiger charge is 2.41. The third-order valence-corrected chi connectivity index (χ3v) is 3.96. The molecule has 0 spiro atoms. The topological polar surface area (TPSA) is 73.3 Å². The molecule has 0 radical (unpaired) electrons. The first kappa shape index (κ1) is 20.0. The lowest BCUT2D eigenvalue weighted by molar-refractivity contribution is -0.140. The molecule has 0 atom stereocenters. The molecule has 29 heavy (non-hydrogen) atoms. The lowest BCUT2D eigenvalue weighted by Crippen LogP contribution is -2.42. The van der Waals surface area contributed by atoms with Crippen molar-refractivity contribution in [3.05, 3.63) is 75.5 Å². The summed E-state index contributed by atoms with van der Waals surface area (Å²) in [5.74, 6) is -0.605. The zero-order valence-electron chi connectivity index (χ0n) is 15.1. The minimum Gasteiger partial charge on any atom is -0.465 e. The lowest BCUT2D eigenvalue weighted by atomic mass is 10.2. The van der Waals surface area contributed by atoms with Gasteiger partial charge in [-0.15, -0.1) is 0 Å². The van der Waals surface area contributed by atoms with Gasteiger partial charge in [-0.3, -0.25) is 9.89 Å². The van der Waals surface area contributed by atoms with Crippen LogP contribution in [-0.2, 0) is 9.53 Å². The molecule has 1 aromatic heterocycles. The van der Waals surface area contributed by atoms with Crippen molar-refractivity contribution in [3.8, 4) is 17.2 Å². The fourth-order valence-electron chi connectivity index (χ4n) is 2.67. The Balaban J connectivity index is 2.07. The molecule has 3 aromatic rings. The van der Waals surface area contributed by atoms with E-state index in [9.17, 15) is 22.8 Å². The van der Waals surface area contributed by atoms with E-state index in [1.807, 2.05) is 6.07 Å². The van der Waals surface area contributed by atoms with Gasteiger partial charge in [-0.25, -0.2) is 9.48 Å². The summed E-state index contributed by atoms with van der Waals surface area (Å²) >= 11 is 0. The van der Waals surface area contributed by atoms with E-state index in [0.717, 1.165) is 11.8 Å². The molecule has 0 aliphatic rings. The molecule has 0 aliphatic heterocycles. The third kappa shape index (κ3) is 4.08. The highest BCUT2D eigenvalue weighted by molar-refractivity contribution is 6.11. The molecule has 9 heteroatoms. The zero-order chi connectivity index (χ0) is 21.2. The van der Waals surface area contributed by atoms with Crippen LogP contribution in [0.5, 0.6) is 11.5 Å². The van der Waals surface area contributed by atoms with Gasteiger partial charge in [0.05, 0.1) is 23.4 Å². The number of hydrogen-bond donors (Lipinski definition) is 1. The fourth-order valence-corrected chi connectivity index (χ4v) is 2.67. The van der Waals surface area contributed by atoms with E-state index in [1.165, 1.54) is 12.1 Å². The van der Waals surface area contributed by atoms with Gasteiger partial charge in [-0.05, 0) is 36.4 Å². The van der Waals surface area contributed by atoms with Gasteiger partial charge >= 0.3 is 12.1 Å². The molecule has 0 saturated heterocycles. The predicted molar refractivity (Wildman–Crippen MR) is 99.2 cm³/mol. The first-order valence-electron chi connectivity index (χ1n) is 8.25. The number of nitrogens with one attached hydrogen (secondary N) is 1. The Morgan fingerprint density at radius 1 is 1.03 bits per heavy atom. The number of alkyl halides is 3. The number of rotatable bonds is 4. The number of methoxy groups -OCH3 is 1. The average molecular weight is 404 g/mol. The van der Waals surface area contributed by atoms with E-state index in [0.29, 0.717) is 11.5 Å². The predicted octanol–water partition coefficient (Wildman–Crippen LogP) is 2.25. The summed E-state index contributed by atoms with van der Waals surface area (Å²) in [6.45, 7) is 3.42. The molecule has 6 nitrogen and oxygen atoms in total. The molecule has 0 aliphatic carbocycles. The van der Waals surface area contributed by atoms with E-state index in [1.54, 1.807) is 36.4 Å². The number of carbonyl (C=O) groups is 1. The van der Waals surface area contributed by atoms with Crippen LogP contribution in [0.3, 0.4) is 0 Å². The number of benzene rings is 2. The molecule has 1 heterocycles.